The maximum atomic E-state index is 12.0. The summed E-state index contributed by atoms with van der Waals surface area (Å²) in [6, 6.07) is 7.71. The highest BCUT2D eigenvalue weighted by atomic mass is 16.2. The van der Waals surface area contributed by atoms with E-state index in [1.807, 2.05) is 24.3 Å². The van der Waals surface area contributed by atoms with Crippen LogP contribution >= 0.6 is 0 Å². The fraction of sp³-hybridized carbons (Fsp3) is 0.533. The van der Waals surface area contributed by atoms with Gasteiger partial charge in [0.25, 0.3) is 0 Å². The lowest BCUT2D eigenvalue weighted by atomic mass is 9.94. The summed E-state index contributed by atoms with van der Waals surface area (Å²) < 4.78 is 0. The lowest BCUT2D eigenvalue weighted by Gasteiger charge is -2.35. The molecule has 0 bridgehead atoms. The second-order valence-electron chi connectivity index (χ2n) is 5.63. The Bertz CT molecular complexity index is 446. The van der Waals surface area contributed by atoms with Crippen LogP contribution in [0.15, 0.2) is 24.3 Å². The van der Waals surface area contributed by atoms with E-state index in [0.717, 1.165) is 30.8 Å². The Kier molecular flexibility index (Phi) is 4.98. The monoisotopic (exact) mass is 276 g/mol. The average Bonchev–Trinajstić information content (AvgIpc) is 2.43. The number of carbonyl (C=O) groups is 1. The lowest BCUT2D eigenvalue weighted by molar-refractivity contribution is 0.176. The molecule has 2 amide bonds. The van der Waals surface area contributed by atoms with E-state index < -0.39 is 0 Å². The van der Waals surface area contributed by atoms with Crippen molar-refractivity contribution in [2.24, 2.45) is 11.7 Å². The molecule has 4 N–H and O–H groups in total. The predicted octanol–water partition coefficient (Wildman–Crippen LogP) is 1.61. The molecule has 5 heteroatoms. The van der Waals surface area contributed by atoms with Crippen LogP contribution in [0.4, 0.5) is 10.5 Å². The van der Waals surface area contributed by atoms with Crippen molar-refractivity contribution in [2.45, 2.75) is 25.9 Å². The second kappa shape index (κ2) is 6.72. The van der Waals surface area contributed by atoms with Crippen molar-refractivity contribution >= 4 is 11.7 Å². The number of piperidine rings is 1. The molecule has 1 saturated heterocycles. The average molecular weight is 276 g/mol. The summed E-state index contributed by atoms with van der Waals surface area (Å²) in [6.45, 7) is 4.74. The molecule has 5 nitrogen and oxygen atoms in total. The molecule has 0 saturated carbocycles. The molecule has 1 aliphatic heterocycles. The highest BCUT2D eigenvalue weighted by Gasteiger charge is 2.25. The largest absolute Gasteiger partial charge is 0.335 e. The number of rotatable bonds is 3. The van der Waals surface area contributed by atoms with Crippen LogP contribution in [0.2, 0.25) is 0 Å². The molecule has 2 unspecified atom stereocenters. The Morgan fingerprint density at radius 2 is 2.10 bits per heavy atom. The molecule has 1 aliphatic rings. The van der Waals surface area contributed by atoms with Gasteiger partial charge < -0.3 is 21.3 Å². The first kappa shape index (κ1) is 14.8. The van der Waals surface area contributed by atoms with Crippen molar-refractivity contribution in [2.75, 3.05) is 25.5 Å². The number of hydrogen-bond acceptors (Lipinski definition) is 3. The number of amides is 2. The summed E-state index contributed by atoms with van der Waals surface area (Å²) in [5.41, 5.74) is 7.40. The van der Waals surface area contributed by atoms with Gasteiger partial charge in [0.05, 0.1) is 0 Å². The van der Waals surface area contributed by atoms with E-state index >= 15 is 0 Å². The zero-order valence-corrected chi connectivity index (χ0v) is 12.2. The Balaban J connectivity index is 1.85. The molecule has 1 aromatic rings. The third-order valence-electron chi connectivity index (χ3n) is 3.87. The molecule has 20 heavy (non-hydrogen) atoms. The highest BCUT2D eigenvalue weighted by Crippen LogP contribution is 2.16. The van der Waals surface area contributed by atoms with Crippen LogP contribution in [0, 0.1) is 5.92 Å². The maximum Gasteiger partial charge on any atom is 0.319 e. The van der Waals surface area contributed by atoms with Gasteiger partial charge in [-0.1, -0.05) is 19.1 Å². The van der Waals surface area contributed by atoms with Crippen LogP contribution in [0.5, 0.6) is 0 Å². The zero-order valence-electron chi connectivity index (χ0n) is 12.2. The number of nitrogens with one attached hydrogen (secondary N) is 2. The predicted molar refractivity (Wildman–Crippen MR) is 81.6 cm³/mol. The summed E-state index contributed by atoms with van der Waals surface area (Å²) in [5.74, 6) is 0.471. The number of carbonyl (C=O) groups excluding carboxylic acids is 1. The van der Waals surface area contributed by atoms with Gasteiger partial charge in [0, 0.05) is 24.8 Å². The first-order chi connectivity index (χ1) is 9.58. The van der Waals surface area contributed by atoms with Crippen molar-refractivity contribution in [1.82, 2.24) is 10.2 Å². The van der Waals surface area contributed by atoms with E-state index in [2.05, 4.69) is 29.5 Å². The molecule has 1 heterocycles. The van der Waals surface area contributed by atoms with Crippen LogP contribution in [-0.4, -0.2) is 37.1 Å². The third-order valence-corrected chi connectivity index (χ3v) is 3.87. The third kappa shape index (κ3) is 3.95. The van der Waals surface area contributed by atoms with E-state index in [4.69, 9.17) is 5.73 Å². The molecule has 0 aromatic heterocycles. The Morgan fingerprint density at radius 1 is 1.40 bits per heavy atom. The number of urea groups is 1. The van der Waals surface area contributed by atoms with E-state index in [0.29, 0.717) is 12.5 Å². The Labute approximate surface area is 120 Å². The first-order valence-electron chi connectivity index (χ1n) is 7.13. The molecule has 0 aliphatic carbocycles. The van der Waals surface area contributed by atoms with Gasteiger partial charge in [-0.15, -0.1) is 0 Å². The van der Waals surface area contributed by atoms with Crippen LogP contribution in [0.25, 0.3) is 0 Å². The number of nitrogens with zero attached hydrogens (tertiary/aromatic N) is 1. The van der Waals surface area contributed by atoms with Crippen molar-refractivity contribution in [3.63, 3.8) is 0 Å². The SMILES string of the molecule is CC1CN(C)CCC1NC(=O)Nc1ccc(CN)cc1. The fourth-order valence-electron chi connectivity index (χ4n) is 2.63. The zero-order chi connectivity index (χ0) is 14.5. The minimum atomic E-state index is -0.132. The fourth-order valence-corrected chi connectivity index (χ4v) is 2.63. The van der Waals surface area contributed by atoms with Crippen LogP contribution in [0.3, 0.4) is 0 Å². The second-order valence-corrected chi connectivity index (χ2v) is 5.63. The number of nitrogens with two attached hydrogens (primary N) is 1. The smallest absolute Gasteiger partial charge is 0.319 e. The van der Waals surface area contributed by atoms with Crippen molar-refractivity contribution in [1.29, 1.82) is 0 Å². The lowest BCUT2D eigenvalue weighted by Crippen LogP contribution is -2.49. The van der Waals surface area contributed by atoms with Crippen LogP contribution in [0.1, 0.15) is 18.9 Å². The maximum absolute atomic E-state index is 12.0. The Morgan fingerprint density at radius 3 is 2.70 bits per heavy atom. The standard InChI is InChI=1S/C15H24N4O/c1-11-10-19(2)8-7-14(11)18-15(20)17-13-5-3-12(9-16)4-6-13/h3-6,11,14H,7-10,16H2,1-2H3,(H2,17,18,20). The van der Waals surface area contributed by atoms with Crippen LogP contribution in [-0.2, 0) is 6.54 Å². The molecule has 0 spiro atoms. The van der Waals surface area contributed by atoms with Gasteiger partial charge >= 0.3 is 6.03 Å². The molecule has 110 valence electrons. The van der Waals surface area contributed by atoms with Gasteiger partial charge in [0.1, 0.15) is 0 Å². The van der Waals surface area contributed by atoms with E-state index in [9.17, 15) is 4.79 Å². The molecule has 1 fully saturated rings. The van der Waals surface area contributed by atoms with E-state index in [1.54, 1.807) is 0 Å². The molecule has 0 radical (unpaired) electrons. The number of benzene rings is 1. The highest BCUT2D eigenvalue weighted by molar-refractivity contribution is 5.89. The summed E-state index contributed by atoms with van der Waals surface area (Å²) in [7, 11) is 2.12. The van der Waals surface area contributed by atoms with Crippen molar-refractivity contribution < 1.29 is 4.79 Å². The minimum Gasteiger partial charge on any atom is -0.335 e. The topological polar surface area (TPSA) is 70.4 Å². The van der Waals surface area contributed by atoms with Crippen molar-refractivity contribution in [3.8, 4) is 0 Å². The van der Waals surface area contributed by atoms with Gasteiger partial charge in [0.2, 0.25) is 0 Å². The summed E-state index contributed by atoms with van der Waals surface area (Å²) in [4.78, 5) is 14.3. The van der Waals surface area contributed by atoms with Gasteiger partial charge in [0.15, 0.2) is 0 Å². The molecular weight excluding hydrogens is 252 g/mol. The van der Waals surface area contributed by atoms with E-state index in [1.165, 1.54) is 0 Å². The first-order valence-corrected chi connectivity index (χ1v) is 7.13. The number of anilines is 1. The normalized spacial score (nSPS) is 23.4. The quantitative estimate of drug-likeness (QED) is 0.785. The van der Waals surface area contributed by atoms with Gasteiger partial charge in [-0.25, -0.2) is 4.79 Å². The Hall–Kier alpha value is -1.59. The summed E-state index contributed by atoms with van der Waals surface area (Å²) >= 11 is 0. The molecule has 1 aromatic carbocycles. The molecule has 2 atom stereocenters. The summed E-state index contributed by atoms with van der Waals surface area (Å²) in [6.07, 6.45) is 0.997. The molecular formula is C15H24N4O. The molecule has 2 rings (SSSR count). The number of likely N-dealkylation sites (tertiary alicyclic amines) is 1. The minimum absolute atomic E-state index is 0.132. The van der Waals surface area contributed by atoms with Crippen molar-refractivity contribution in [3.05, 3.63) is 29.8 Å². The van der Waals surface area contributed by atoms with Gasteiger partial charge in [-0.2, -0.15) is 0 Å². The van der Waals surface area contributed by atoms with Gasteiger partial charge in [-0.05, 0) is 43.6 Å². The summed E-state index contributed by atoms with van der Waals surface area (Å²) in [5, 5.41) is 5.93. The van der Waals surface area contributed by atoms with Crippen LogP contribution < -0.4 is 16.4 Å². The van der Waals surface area contributed by atoms with E-state index in [-0.39, 0.29) is 12.1 Å². The van der Waals surface area contributed by atoms with Gasteiger partial charge in [-0.3, -0.25) is 0 Å². The number of hydrogen-bond donors (Lipinski definition) is 3.